The first-order valence-electron chi connectivity index (χ1n) is 7.54. The van der Waals surface area contributed by atoms with Crippen molar-refractivity contribution in [3.05, 3.63) is 44.4 Å². The third kappa shape index (κ3) is 3.03. The predicted octanol–water partition coefficient (Wildman–Crippen LogP) is 3.56. The summed E-state index contributed by atoms with van der Waals surface area (Å²) in [4.78, 5) is 42.2. The maximum atomic E-state index is 12.4. The lowest BCUT2D eigenvalue weighted by Crippen LogP contribution is -2.37. The number of thiazole rings is 1. The molecule has 1 aliphatic heterocycles. The van der Waals surface area contributed by atoms with Crippen LogP contribution in [-0.4, -0.2) is 34.2 Å². The van der Waals surface area contributed by atoms with Crippen LogP contribution in [0.1, 0.15) is 45.2 Å². The van der Waals surface area contributed by atoms with E-state index in [1.165, 1.54) is 23.5 Å². The standard InChI is InChI=1S/C16H11Cl2N3O3S/c17-10-3-8-9(4-11(10)18)15(24)21(14(8)23)5-13(22)20-16-19-12(6-25-16)7-1-2-7/h3-4,6-7H,1-2,5H2,(H,19,20,22). The van der Waals surface area contributed by atoms with Gasteiger partial charge in [0.1, 0.15) is 6.54 Å². The number of aromatic nitrogens is 1. The summed E-state index contributed by atoms with van der Waals surface area (Å²) in [5.74, 6) is -1.12. The summed E-state index contributed by atoms with van der Waals surface area (Å²) in [6, 6.07) is 2.69. The van der Waals surface area contributed by atoms with Crippen molar-refractivity contribution in [2.24, 2.45) is 0 Å². The molecule has 0 bridgehead atoms. The number of anilines is 1. The monoisotopic (exact) mass is 395 g/mol. The number of nitrogens with one attached hydrogen (secondary N) is 1. The number of halogens is 2. The van der Waals surface area contributed by atoms with Crippen molar-refractivity contribution >= 4 is 57.4 Å². The van der Waals surface area contributed by atoms with Crippen molar-refractivity contribution in [2.75, 3.05) is 11.9 Å². The highest BCUT2D eigenvalue weighted by Gasteiger charge is 2.37. The van der Waals surface area contributed by atoms with Crippen LogP contribution in [0.25, 0.3) is 0 Å². The second kappa shape index (κ2) is 6.09. The van der Waals surface area contributed by atoms with E-state index in [-0.39, 0.29) is 27.7 Å². The second-order valence-corrected chi connectivity index (χ2v) is 7.58. The fourth-order valence-electron chi connectivity index (χ4n) is 2.64. The predicted molar refractivity (Wildman–Crippen MR) is 94.5 cm³/mol. The van der Waals surface area contributed by atoms with Crippen molar-refractivity contribution in [3.8, 4) is 0 Å². The quantitative estimate of drug-likeness (QED) is 0.802. The summed E-state index contributed by atoms with van der Waals surface area (Å²) in [5.41, 5.74) is 1.28. The van der Waals surface area contributed by atoms with Gasteiger partial charge in [-0.15, -0.1) is 11.3 Å². The Morgan fingerprint density at radius 1 is 1.20 bits per heavy atom. The maximum Gasteiger partial charge on any atom is 0.262 e. The lowest BCUT2D eigenvalue weighted by molar-refractivity contribution is -0.116. The van der Waals surface area contributed by atoms with E-state index in [9.17, 15) is 14.4 Å². The van der Waals surface area contributed by atoms with Gasteiger partial charge < -0.3 is 5.32 Å². The normalized spacial score (nSPS) is 16.3. The van der Waals surface area contributed by atoms with Gasteiger partial charge >= 0.3 is 0 Å². The van der Waals surface area contributed by atoms with Crippen molar-refractivity contribution in [2.45, 2.75) is 18.8 Å². The molecule has 1 saturated carbocycles. The van der Waals surface area contributed by atoms with Gasteiger partial charge in [0.25, 0.3) is 11.8 Å². The van der Waals surface area contributed by atoms with Gasteiger partial charge in [-0.25, -0.2) is 4.98 Å². The van der Waals surface area contributed by atoms with Crippen LogP contribution in [0.4, 0.5) is 5.13 Å². The van der Waals surface area contributed by atoms with Crippen LogP contribution in [0.15, 0.2) is 17.5 Å². The Kier molecular flexibility index (Phi) is 4.02. The smallest absolute Gasteiger partial charge is 0.262 e. The zero-order valence-electron chi connectivity index (χ0n) is 12.7. The van der Waals surface area contributed by atoms with Crippen LogP contribution in [0, 0.1) is 0 Å². The van der Waals surface area contributed by atoms with E-state index in [4.69, 9.17) is 23.2 Å². The molecule has 6 nitrogen and oxygen atoms in total. The average molecular weight is 396 g/mol. The molecule has 128 valence electrons. The number of hydrogen-bond donors (Lipinski definition) is 1. The van der Waals surface area contributed by atoms with E-state index in [0.29, 0.717) is 11.0 Å². The Labute approximate surface area is 156 Å². The summed E-state index contributed by atoms with van der Waals surface area (Å²) < 4.78 is 0. The Hall–Kier alpha value is -1.96. The highest BCUT2D eigenvalue weighted by Crippen LogP contribution is 2.40. The van der Waals surface area contributed by atoms with Crippen molar-refractivity contribution in [1.82, 2.24) is 9.88 Å². The average Bonchev–Trinajstić information content (AvgIpc) is 3.29. The molecular weight excluding hydrogens is 385 g/mol. The molecule has 0 spiro atoms. The van der Waals surface area contributed by atoms with Gasteiger partial charge in [-0.2, -0.15) is 0 Å². The molecule has 1 fully saturated rings. The third-order valence-electron chi connectivity index (χ3n) is 4.08. The second-order valence-electron chi connectivity index (χ2n) is 5.91. The van der Waals surface area contributed by atoms with Crippen molar-refractivity contribution in [1.29, 1.82) is 0 Å². The molecule has 0 atom stereocenters. The number of hydrogen-bond acceptors (Lipinski definition) is 5. The number of rotatable bonds is 4. The van der Waals surface area contributed by atoms with Crippen LogP contribution in [-0.2, 0) is 4.79 Å². The van der Waals surface area contributed by atoms with Crippen LogP contribution >= 0.6 is 34.5 Å². The van der Waals surface area contributed by atoms with Crippen LogP contribution < -0.4 is 5.32 Å². The molecule has 0 unspecified atom stereocenters. The largest absolute Gasteiger partial charge is 0.300 e. The minimum absolute atomic E-state index is 0.150. The first-order chi connectivity index (χ1) is 11.9. The molecule has 2 heterocycles. The van der Waals surface area contributed by atoms with E-state index < -0.39 is 17.7 Å². The summed E-state index contributed by atoms with van der Waals surface area (Å²) in [7, 11) is 0. The zero-order chi connectivity index (χ0) is 17.7. The van der Waals surface area contributed by atoms with E-state index in [0.717, 1.165) is 23.4 Å². The van der Waals surface area contributed by atoms with Gasteiger partial charge in [0.05, 0.1) is 26.9 Å². The van der Waals surface area contributed by atoms with Crippen molar-refractivity contribution < 1.29 is 14.4 Å². The van der Waals surface area contributed by atoms with Gasteiger partial charge in [0.2, 0.25) is 5.91 Å². The Bertz CT molecular complexity index is 882. The number of nitrogens with zero attached hydrogens (tertiary/aromatic N) is 2. The van der Waals surface area contributed by atoms with E-state index in [1.54, 1.807) is 0 Å². The molecule has 0 radical (unpaired) electrons. The highest BCUT2D eigenvalue weighted by atomic mass is 35.5. The first kappa shape index (κ1) is 16.5. The molecule has 1 N–H and O–H groups in total. The third-order valence-corrected chi connectivity index (χ3v) is 5.58. The Balaban J connectivity index is 1.47. The molecule has 25 heavy (non-hydrogen) atoms. The fraction of sp³-hybridized carbons (Fsp3) is 0.250. The van der Waals surface area contributed by atoms with Crippen molar-refractivity contribution in [3.63, 3.8) is 0 Å². The number of fused-ring (bicyclic) bond motifs is 1. The molecule has 2 aliphatic rings. The van der Waals surface area contributed by atoms with Gasteiger partial charge in [-0.1, -0.05) is 23.2 Å². The fourth-order valence-corrected chi connectivity index (χ4v) is 3.78. The molecule has 1 aliphatic carbocycles. The number of imide groups is 1. The van der Waals surface area contributed by atoms with Gasteiger partial charge in [0, 0.05) is 11.3 Å². The molecule has 9 heteroatoms. The van der Waals surface area contributed by atoms with Crippen LogP contribution in [0.5, 0.6) is 0 Å². The minimum atomic E-state index is -0.563. The molecule has 3 amide bonds. The highest BCUT2D eigenvalue weighted by molar-refractivity contribution is 7.13. The van der Waals surface area contributed by atoms with E-state index in [2.05, 4.69) is 10.3 Å². The SMILES string of the molecule is O=C(CN1C(=O)c2cc(Cl)c(Cl)cc2C1=O)Nc1nc(C2CC2)cs1. The summed E-state index contributed by atoms with van der Waals surface area (Å²) in [6.07, 6.45) is 2.24. The molecule has 0 saturated heterocycles. The van der Waals surface area contributed by atoms with Crippen LogP contribution in [0.2, 0.25) is 10.0 Å². The number of carbonyl (C=O) groups excluding carboxylic acids is 3. The lowest BCUT2D eigenvalue weighted by Gasteiger charge is -2.12. The molecule has 1 aromatic carbocycles. The summed E-state index contributed by atoms with van der Waals surface area (Å²) >= 11 is 13.1. The maximum absolute atomic E-state index is 12.4. The molecule has 1 aromatic heterocycles. The number of amides is 3. The van der Waals surface area contributed by atoms with E-state index >= 15 is 0 Å². The molecular formula is C16H11Cl2N3O3S. The molecule has 2 aromatic rings. The van der Waals surface area contributed by atoms with Crippen LogP contribution in [0.3, 0.4) is 0 Å². The summed E-state index contributed by atoms with van der Waals surface area (Å²) in [5, 5.41) is 5.38. The lowest BCUT2D eigenvalue weighted by atomic mass is 10.1. The zero-order valence-corrected chi connectivity index (χ0v) is 15.0. The minimum Gasteiger partial charge on any atom is -0.300 e. The van der Waals surface area contributed by atoms with Gasteiger partial charge in [-0.3, -0.25) is 19.3 Å². The Morgan fingerprint density at radius 3 is 2.36 bits per heavy atom. The van der Waals surface area contributed by atoms with E-state index in [1.807, 2.05) is 5.38 Å². The van der Waals surface area contributed by atoms with Gasteiger partial charge in [0.15, 0.2) is 5.13 Å². The number of benzene rings is 1. The molecule has 4 rings (SSSR count). The first-order valence-corrected chi connectivity index (χ1v) is 9.18. The Morgan fingerprint density at radius 2 is 1.80 bits per heavy atom. The summed E-state index contributed by atoms with van der Waals surface area (Å²) in [6.45, 7) is -0.389. The number of carbonyl (C=O) groups is 3. The van der Waals surface area contributed by atoms with Gasteiger partial charge in [-0.05, 0) is 25.0 Å². The topological polar surface area (TPSA) is 79.4 Å².